The number of hydrogen-bond acceptors (Lipinski definition) is 3. The van der Waals surface area contributed by atoms with Crippen LogP contribution in [0.2, 0.25) is 0 Å². The fraction of sp³-hybridized carbons (Fsp3) is 0.571. The highest BCUT2D eigenvalue weighted by Crippen LogP contribution is 2.41. The molecule has 3 rings (SSSR count). The van der Waals surface area contributed by atoms with Crippen molar-refractivity contribution in [3.8, 4) is 0 Å². The molecular formula is C14H19NO2. The molecule has 2 atom stereocenters. The molecule has 3 N–H and O–H groups in total. The standard InChI is InChI=1S/C14H19NO2/c16-9-10-3-1-2-4-13(10)14(17)7-11-5-6-12(8-14)15-11/h1-4,11-12,15-17H,5-9H2. The zero-order valence-electron chi connectivity index (χ0n) is 9.89. The van der Waals surface area contributed by atoms with Gasteiger partial charge in [-0.15, -0.1) is 0 Å². The van der Waals surface area contributed by atoms with Gasteiger partial charge in [-0.3, -0.25) is 0 Å². The van der Waals surface area contributed by atoms with Gasteiger partial charge in [-0.25, -0.2) is 0 Å². The maximum absolute atomic E-state index is 10.9. The molecule has 2 heterocycles. The van der Waals surface area contributed by atoms with Gasteiger partial charge in [-0.2, -0.15) is 0 Å². The summed E-state index contributed by atoms with van der Waals surface area (Å²) in [5, 5.41) is 23.8. The maximum atomic E-state index is 10.9. The number of aliphatic hydroxyl groups is 2. The molecule has 0 spiro atoms. The monoisotopic (exact) mass is 233 g/mol. The molecule has 0 aromatic heterocycles. The number of fused-ring (bicyclic) bond motifs is 2. The van der Waals surface area contributed by atoms with Crippen molar-refractivity contribution in [1.29, 1.82) is 0 Å². The molecule has 2 aliphatic heterocycles. The second-order valence-electron chi connectivity index (χ2n) is 5.39. The van der Waals surface area contributed by atoms with E-state index in [-0.39, 0.29) is 6.61 Å². The van der Waals surface area contributed by atoms with E-state index in [1.54, 1.807) is 0 Å². The van der Waals surface area contributed by atoms with Gasteiger partial charge >= 0.3 is 0 Å². The Kier molecular flexibility index (Phi) is 2.69. The summed E-state index contributed by atoms with van der Waals surface area (Å²) in [6.07, 6.45) is 3.85. The van der Waals surface area contributed by atoms with Crippen LogP contribution in [0.1, 0.15) is 36.8 Å². The summed E-state index contributed by atoms with van der Waals surface area (Å²) in [7, 11) is 0. The van der Waals surface area contributed by atoms with E-state index in [0.29, 0.717) is 12.1 Å². The van der Waals surface area contributed by atoms with Crippen LogP contribution in [0.5, 0.6) is 0 Å². The summed E-state index contributed by atoms with van der Waals surface area (Å²) in [5.41, 5.74) is 1.02. The highest BCUT2D eigenvalue weighted by molar-refractivity contribution is 5.33. The van der Waals surface area contributed by atoms with Gasteiger partial charge in [0.15, 0.2) is 0 Å². The Hall–Kier alpha value is -0.900. The Morgan fingerprint density at radius 3 is 2.47 bits per heavy atom. The highest BCUT2D eigenvalue weighted by Gasteiger charge is 2.44. The van der Waals surface area contributed by atoms with Crippen LogP contribution in [-0.4, -0.2) is 22.3 Å². The van der Waals surface area contributed by atoms with E-state index in [1.165, 1.54) is 0 Å². The molecule has 2 bridgehead atoms. The van der Waals surface area contributed by atoms with Crippen molar-refractivity contribution in [2.75, 3.05) is 0 Å². The minimum absolute atomic E-state index is 0.00124. The Bertz CT molecular complexity index is 406. The number of nitrogens with one attached hydrogen (secondary N) is 1. The van der Waals surface area contributed by atoms with Gasteiger partial charge < -0.3 is 15.5 Å². The highest BCUT2D eigenvalue weighted by atomic mass is 16.3. The van der Waals surface area contributed by atoms with Crippen LogP contribution in [0.15, 0.2) is 24.3 Å². The number of rotatable bonds is 2. The number of hydrogen-bond donors (Lipinski definition) is 3. The van der Waals surface area contributed by atoms with E-state index in [4.69, 9.17) is 0 Å². The summed E-state index contributed by atoms with van der Waals surface area (Å²) < 4.78 is 0. The van der Waals surface area contributed by atoms with E-state index >= 15 is 0 Å². The second kappa shape index (κ2) is 4.09. The lowest BCUT2D eigenvalue weighted by atomic mass is 9.79. The van der Waals surface area contributed by atoms with Gasteiger partial charge in [0.25, 0.3) is 0 Å². The zero-order valence-corrected chi connectivity index (χ0v) is 9.89. The van der Waals surface area contributed by atoms with Crippen LogP contribution in [-0.2, 0) is 12.2 Å². The average Bonchev–Trinajstić information content (AvgIpc) is 2.69. The van der Waals surface area contributed by atoms with Gasteiger partial charge in [-0.1, -0.05) is 24.3 Å². The first-order chi connectivity index (χ1) is 8.21. The molecule has 0 aliphatic carbocycles. The topological polar surface area (TPSA) is 52.5 Å². The smallest absolute Gasteiger partial charge is 0.0929 e. The Labute approximate surface area is 101 Å². The van der Waals surface area contributed by atoms with E-state index < -0.39 is 5.60 Å². The third-order valence-electron chi connectivity index (χ3n) is 4.19. The first-order valence-electron chi connectivity index (χ1n) is 6.39. The molecule has 3 heteroatoms. The lowest BCUT2D eigenvalue weighted by molar-refractivity contribution is -0.0130. The largest absolute Gasteiger partial charge is 0.392 e. The third kappa shape index (κ3) is 1.88. The van der Waals surface area contributed by atoms with Crippen LogP contribution in [0.25, 0.3) is 0 Å². The normalized spacial score (nSPS) is 36.1. The molecule has 92 valence electrons. The fourth-order valence-corrected chi connectivity index (χ4v) is 3.46. The van der Waals surface area contributed by atoms with Gasteiger partial charge in [0.1, 0.15) is 0 Å². The molecule has 1 aromatic rings. The molecule has 2 fully saturated rings. The molecular weight excluding hydrogens is 214 g/mol. The minimum Gasteiger partial charge on any atom is -0.392 e. The first-order valence-corrected chi connectivity index (χ1v) is 6.39. The molecule has 0 radical (unpaired) electrons. The second-order valence-corrected chi connectivity index (χ2v) is 5.39. The van der Waals surface area contributed by atoms with Gasteiger partial charge in [0, 0.05) is 12.1 Å². The Balaban J connectivity index is 1.96. The molecule has 0 amide bonds. The SMILES string of the molecule is OCc1ccccc1C1(O)CC2CCC(C1)N2. The van der Waals surface area contributed by atoms with Gasteiger partial charge in [0.05, 0.1) is 12.2 Å². The lowest BCUT2D eigenvalue weighted by Crippen LogP contribution is -2.47. The molecule has 3 nitrogen and oxygen atoms in total. The molecule has 2 saturated heterocycles. The lowest BCUT2D eigenvalue weighted by Gasteiger charge is -2.38. The van der Waals surface area contributed by atoms with E-state index in [0.717, 1.165) is 36.8 Å². The van der Waals surface area contributed by atoms with Crippen molar-refractivity contribution in [3.05, 3.63) is 35.4 Å². The summed E-state index contributed by atoms with van der Waals surface area (Å²) in [5.74, 6) is 0. The molecule has 2 unspecified atom stereocenters. The fourth-order valence-electron chi connectivity index (χ4n) is 3.46. The Morgan fingerprint density at radius 1 is 1.18 bits per heavy atom. The van der Waals surface area contributed by atoms with Crippen LogP contribution >= 0.6 is 0 Å². The molecule has 1 aromatic carbocycles. The molecule has 2 aliphatic rings. The first kappa shape index (κ1) is 11.2. The van der Waals surface area contributed by atoms with Crippen LogP contribution in [0, 0.1) is 0 Å². The van der Waals surface area contributed by atoms with Crippen LogP contribution in [0.3, 0.4) is 0 Å². The summed E-state index contributed by atoms with van der Waals surface area (Å²) in [4.78, 5) is 0. The van der Waals surface area contributed by atoms with Crippen molar-refractivity contribution in [2.45, 2.75) is 50.0 Å². The van der Waals surface area contributed by atoms with Crippen molar-refractivity contribution >= 4 is 0 Å². The number of piperidine rings is 1. The van der Waals surface area contributed by atoms with E-state index in [9.17, 15) is 10.2 Å². The zero-order chi connectivity index (χ0) is 11.9. The van der Waals surface area contributed by atoms with E-state index in [2.05, 4.69) is 5.32 Å². The molecule has 0 saturated carbocycles. The van der Waals surface area contributed by atoms with Gasteiger partial charge in [0.2, 0.25) is 0 Å². The van der Waals surface area contributed by atoms with Crippen molar-refractivity contribution in [3.63, 3.8) is 0 Å². The Morgan fingerprint density at radius 2 is 1.82 bits per heavy atom. The van der Waals surface area contributed by atoms with Crippen molar-refractivity contribution in [2.24, 2.45) is 0 Å². The van der Waals surface area contributed by atoms with E-state index in [1.807, 2.05) is 24.3 Å². The summed E-state index contributed by atoms with van der Waals surface area (Å²) >= 11 is 0. The average molecular weight is 233 g/mol. The van der Waals surface area contributed by atoms with Crippen LogP contribution < -0.4 is 5.32 Å². The minimum atomic E-state index is -0.754. The van der Waals surface area contributed by atoms with Gasteiger partial charge in [-0.05, 0) is 36.8 Å². The quantitative estimate of drug-likeness (QED) is 0.721. The predicted molar refractivity (Wildman–Crippen MR) is 65.4 cm³/mol. The number of aliphatic hydroxyl groups excluding tert-OH is 1. The van der Waals surface area contributed by atoms with Crippen LogP contribution in [0.4, 0.5) is 0 Å². The maximum Gasteiger partial charge on any atom is 0.0929 e. The predicted octanol–water partition coefficient (Wildman–Crippen LogP) is 1.28. The molecule has 17 heavy (non-hydrogen) atoms. The number of benzene rings is 1. The summed E-state index contributed by atoms with van der Waals surface area (Å²) in [6.45, 7) is 0.00124. The van der Waals surface area contributed by atoms with Crippen molar-refractivity contribution in [1.82, 2.24) is 5.32 Å². The van der Waals surface area contributed by atoms with Crippen molar-refractivity contribution < 1.29 is 10.2 Å². The third-order valence-corrected chi connectivity index (χ3v) is 4.19. The summed E-state index contributed by atoms with van der Waals surface area (Å²) in [6, 6.07) is 8.58.